The van der Waals surface area contributed by atoms with Crippen LogP contribution in [0.15, 0.2) is 29.2 Å². The minimum absolute atomic E-state index is 0.112. The first-order valence-electron chi connectivity index (χ1n) is 6.51. The van der Waals surface area contributed by atoms with Gasteiger partial charge in [0.15, 0.2) is 0 Å². The van der Waals surface area contributed by atoms with Gasteiger partial charge in [-0.15, -0.1) is 0 Å². The molecule has 1 atom stereocenters. The van der Waals surface area contributed by atoms with Crippen LogP contribution in [0, 0.1) is 5.92 Å². The third kappa shape index (κ3) is 3.78. The maximum atomic E-state index is 11.8. The van der Waals surface area contributed by atoms with E-state index in [2.05, 4.69) is 10.0 Å². The zero-order chi connectivity index (χ0) is 14.8. The van der Waals surface area contributed by atoms with Crippen molar-refractivity contribution in [3.8, 4) is 0 Å². The summed E-state index contributed by atoms with van der Waals surface area (Å²) in [5.41, 5.74) is 6.34. The number of nitrogens with two attached hydrogens (primary N) is 1. The number of benzene rings is 1. The lowest BCUT2D eigenvalue weighted by Crippen LogP contribution is -2.28. The zero-order valence-electron chi connectivity index (χ0n) is 11.3. The Bertz CT molecular complexity index is 597. The largest absolute Gasteiger partial charge is 0.327 e. The highest BCUT2D eigenvalue weighted by Crippen LogP contribution is 2.32. The quantitative estimate of drug-likeness (QED) is 0.718. The third-order valence-corrected chi connectivity index (χ3v) is 4.76. The predicted molar refractivity (Wildman–Crippen MR) is 76.6 cm³/mol. The van der Waals surface area contributed by atoms with E-state index in [9.17, 15) is 13.2 Å². The van der Waals surface area contributed by atoms with Gasteiger partial charge in [0.05, 0.1) is 4.90 Å². The molecule has 1 aromatic carbocycles. The molecule has 0 aliphatic heterocycles. The van der Waals surface area contributed by atoms with Crippen molar-refractivity contribution >= 4 is 21.6 Å². The average Bonchev–Trinajstić information content (AvgIpc) is 3.23. The topological polar surface area (TPSA) is 101 Å². The summed E-state index contributed by atoms with van der Waals surface area (Å²) in [5, 5.41) is 2.68. The van der Waals surface area contributed by atoms with Crippen LogP contribution in [-0.2, 0) is 14.8 Å². The highest BCUT2D eigenvalue weighted by molar-refractivity contribution is 7.89. The van der Waals surface area contributed by atoms with Gasteiger partial charge in [0.25, 0.3) is 0 Å². The average molecular weight is 297 g/mol. The van der Waals surface area contributed by atoms with Gasteiger partial charge in [0.1, 0.15) is 0 Å². The summed E-state index contributed by atoms with van der Waals surface area (Å²) in [6, 6.07) is 6.01. The Balaban J connectivity index is 2.02. The van der Waals surface area contributed by atoms with Crippen molar-refractivity contribution in [1.82, 2.24) is 4.72 Å². The van der Waals surface area contributed by atoms with Crippen molar-refractivity contribution < 1.29 is 13.2 Å². The number of sulfonamides is 1. The van der Waals surface area contributed by atoms with Gasteiger partial charge in [-0.2, -0.15) is 0 Å². The normalized spacial score (nSPS) is 16.7. The number of amides is 1. The lowest BCUT2D eigenvalue weighted by molar-refractivity contribution is -0.116. The van der Waals surface area contributed by atoms with E-state index in [1.165, 1.54) is 19.2 Å². The highest BCUT2D eigenvalue weighted by atomic mass is 32.2. The molecular weight excluding hydrogens is 278 g/mol. The van der Waals surface area contributed by atoms with Gasteiger partial charge in [-0.25, -0.2) is 13.1 Å². The molecule has 1 aliphatic carbocycles. The van der Waals surface area contributed by atoms with Gasteiger partial charge >= 0.3 is 0 Å². The molecule has 0 aromatic heterocycles. The Labute approximate surface area is 118 Å². The van der Waals surface area contributed by atoms with Gasteiger partial charge in [-0.1, -0.05) is 6.07 Å². The van der Waals surface area contributed by atoms with Crippen molar-refractivity contribution in [3.05, 3.63) is 24.3 Å². The smallest absolute Gasteiger partial charge is 0.240 e. The molecule has 0 spiro atoms. The molecular formula is C13H19N3O3S. The van der Waals surface area contributed by atoms with Crippen LogP contribution < -0.4 is 15.8 Å². The number of rotatable bonds is 6. The van der Waals surface area contributed by atoms with Crippen LogP contribution >= 0.6 is 0 Å². The monoisotopic (exact) mass is 297 g/mol. The first kappa shape index (κ1) is 15.0. The molecule has 2 rings (SSSR count). The van der Waals surface area contributed by atoms with E-state index in [0.29, 0.717) is 11.6 Å². The summed E-state index contributed by atoms with van der Waals surface area (Å²) in [6.07, 6.45) is 2.43. The molecule has 0 radical (unpaired) electrons. The fourth-order valence-electron chi connectivity index (χ4n) is 1.98. The first-order chi connectivity index (χ1) is 9.42. The number of hydrogen-bond acceptors (Lipinski definition) is 4. The van der Waals surface area contributed by atoms with Crippen LogP contribution in [-0.4, -0.2) is 27.4 Å². The summed E-state index contributed by atoms with van der Waals surface area (Å²) in [7, 11) is -2.17. The Kier molecular flexibility index (Phi) is 4.42. The van der Waals surface area contributed by atoms with Crippen molar-refractivity contribution in [2.45, 2.75) is 30.2 Å². The van der Waals surface area contributed by atoms with Crippen LogP contribution in [0.25, 0.3) is 0 Å². The third-order valence-electron chi connectivity index (χ3n) is 3.35. The SMILES string of the molecule is CNS(=O)(=O)c1cccc(NC(=O)CC(N)C2CC2)c1. The Hall–Kier alpha value is -1.44. The van der Waals surface area contributed by atoms with E-state index in [-0.39, 0.29) is 23.3 Å². The van der Waals surface area contributed by atoms with Gasteiger partial charge in [0, 0.05) is 18.2 Å². The van der Waals surface area contributed by atoms with Crippen molar-refractivity contribution in [3.63, 3.8) is 0 Å². The van der Waals surface area contributed by atoms with Crippen LogP contribution in [0.5, 0.6) is 0 Å². The van der Waals surface area contributed by atoms with E-state index in [0.717, 1.165) is 12.8 Å². The Morgan fingerprint density at radius 2 is 2.15 bits per heavy atom. The molecule has 4 N–H and O–H groups in total. The molecule has 0 saturated heterocycles. The molecule has 20 heavy (non-hydrogen) atoms. The van der Waals surface area contributed by atoms with Crippen molar-refractivity contribution in [1.29, 1.82) is 0 Å². The number of anilines is 1. The van der Waals surface area contributed by atoms with Crippen molar-refractivity contribution in [2.75, 3.05) is 12.4 Å². The number of carbonyl (C=O) groups is 1. The van der Waals surface area contributed by atoms with E-state index in [4.69, 9.17) is 5.73 Å². The predicted octanol–water partition coefficient (Wildman–Crippen LogP) is 0.661. The molecule has 0 bridgehead atoms. The molecule has 1 unspecified atom stereocenters. The van der Waals surface area contributed by atoms with Crippen LogP contribution in [0.2, 0.25) is 0 Å². The summed E-state index contributed by atoms with van der Waals surface area (Å²) in [5.74, 6) is 0.264. The molecule has 0 heterocycles. The standard InChI is InChI=1S/C13H19N3O3S/c1-15-20(18,19)11-4-2-3-10(7-11)16-13(17)8-12(14)9-5-6-9/h2-4,7,9,12,15H,5-6,8,14H2,1H3,(H,16,17). The maximum absolute atomic E-state index is 11.8. The zero-order valence-corrected chi connectivity index (χ0v) is 12.1. The summed E-state index contributed by atoms with van der Waals surface area (Å²) in [4.78, 5) is 11.9. The van der Waals surface area contributed by atoms with E-state index in [1.54, 1.807) is 12.1 Å². The Morgan fingerprint density at radius 3 is 2.75 bits per heavy atom. The summed E-state index contributed by atoms with van der Waals surface area (Å²) < 4.78 is 25.6. The summed E-state index contributed by atoms with van der Waals surface area (Å²) in [6.45, 7) is 0. The Morgan fingerprint density at radius 1 is 1.45 bits per heavy atom. The maximum Gasteiger partial charge on any atom is 0.240 e. The van der Waals surface area contributed by atoms with E-state index in [1.807, 2.05) is 0 Å². The molecule has 1 aromatic rings. The lowest BCUT2D eigenvalue weighted by atomic mass is 10.1. The van der Waals surface area contributed by atoms with Crippen LogP contribution in [0.1, 0.15) is 19.3 Å². The van der Waals surface area contributed by atoms with Gasteiger partial charge in [-0.05, 0) is 44.0 Å². The molecule has 6 nitrogen and oxygen atoms in total. The molecule has 1 aliphatic rings. The second-order valence-electron chi connectivity index (χ2n) is 4.99. The highest BCUT2D eigenvalue weighted by Gasteiger charge is 2.29. The second kappa shape index (κ2) is 5.90. The fraction of sp³-hybridized carbons (Fsp3) is 0.462. The van der Waals surface area contributed by atoms with Gasteiger partial charge in [-0.3, -0.25) is 4.79 Å². The fourth-order valence-corrected chi connectivity index (χ4v) is 2.75. The second-order valence-corrected chi connectivity index (χ2v) is 6.88. The van der Waals surface area contributed by atoms with Crippen LogP contribution in [0.3, 0.4) is 0 Å². The first-order valence-corrected chi connectivity index (χ1v) is 8.00. The van der Waals surface area contributed by atoms with Crippen molar-refractivity contribution in [2.24, 2.45) is 11.7 Å². The molecule has 110 valence electrons. The van der Waals surface area contributed by atoms with Crippen LogP contribution in [0.4, 0.5) is 5.69 Å². The molecule has 1 fully saturated rings. The number of hydrogen-bond donors (Lipinski definition) is 3. The number of nitrogens with one attached hydrogen (secondary N) is 2. The van der Waals surface area contributed by atoms with E-state index >= 15 is 0 Å². The summed E-state index contributed by atoms with van der Waals surface area (Å²) >= 11 is 0. The molecule has 1 amide bonds. The number of carbonyl (C=O) groups excluding carboxylic acids is 1. The minimum Gasteiger partial charge on any atom is -0.327 e. The molecule has 1 saturated carbocycles. The van der Waals surface area contributed by atoms with Gasteiger partial charge < -0.3 is 11.1 Å². The lowest BCUT2D eigenvalue weighted by Gasteiger charge is -2.11. The molecule has 7 heteroatoms. The minimum atomic E-state index is -3.51. The van der Waals surface area contributed by atoms with E-state index < -0.39 is 10.0 Å². The van der Waals surface area contributed by atoms with Gasteiger partial charge in [0.2, 0.25) is 15.9 Å².